The molecule has 7 nitrogen and oxygen atoms in total. The maximum absolute atomic E-state index is 11.6. The molecule has 0 aliphatic carbocycles. The monoisotopic (exact) mass is 240 g/mol. The van der Waals surface area contributed by atoms with E-state index in [0.717, 1.165) is 18.9 Å². The van der Waals surface area contributed by atoms with Crippen molar-refractivity contribution in [1.29, 1.82) is 0 Å². The topological polar surface area (TPSA) is 102 Å². The molecule has 1 fully saturated rings. The summed E-state index contributed by atoms with van der Waals surface area (Å²) in [5, 5.41) is 14.6. The predicted molar refractivity (Wildman–Crippen MR) is 54.8 cm³/mol. The first kappa shape index (κ1) is 11.6. The third-order valence-corrected chi connectivity index (χ3v) is 2.47. The van der Waals surface area contributed by atoms with Gasteiger partial charge in [-0.2, -0.15) is 0 Å². The lowest BCUT2D eigenvalue weighted by Crippen LogP contribution is -2.31. The highest BCUT2D eigenvalue weighted by atomic mass is 16.5. The van der Waals surface area contributed by atoms with Gasteiger partial charge in [0.15, 0.2) is 5.69 Å². The molecule has 17 heavy (non-hydrogen) atoms. The fraction of sp³-hybridized carbons (Fsp3) is 0.500. The van der Waals surface area contributed by atoms with E-state index in [1.807, 2.05) is 0 Å². The number of hydrogen-bond donors (Lipinski definition) is 2. The molecule has 2 N–H and O–H groups in total. The molecule has 1 unspecified atom stereocenters. The minimum atomic E-state index is -1.25. The molecule has 1 amide bonds. The quantitative estimate of drug-likeness (QED) is 0.783. The number of carbonyl (C=O) groups is 2. The van der Waals surface area contributed by atoms with Gasteiger partial charge in [0.2, 0.25) is 5.76 Å². The Kier molecular flexibility index (Phi) is 3.38. The Morgan fingerprint density at radius 1 is 1.59 bits per heavy atom. The Morgan fingerprint density at radius 3 is 3.00 bits per heavy atom. The molecule has 7 heteroatoms. The number of carboxylic acids is 1. The largest absolute Gasteiger partial charge is 0.475 e. The summed E-state index contributed by atoms with van der Waals surface area (Å²) in [6, 6.07) is 1.09. The van der Waals surface area contributed by atoms with Crippen LogP contribution in [0.3, 0.4) is 0 Å². The zero-order chi connectivity index (χ0) is 12.3. The number of nitrogens with zero attached hydrogens (tertiary/aromatic N) is 1. The number of aromatic nitrogens is 1. The fourth-order valence-corrected chi connectivity index (χ4v) is 1.59. The maximum Gasteiger partial charge on any atom is 0.374 e. The molecule has 2 heterocycles. The summed E-state index contributed by atoms with van der Waals surface area (Å²) in [4.78, 5) is 22.1. The molecule has 92 valence electrons. The molecule has 2 rings (SSSR count). The number of nitrogens with one attached hydrogen (secondary N) is 1. The molecular weight excluding hydrogens is 228 g/mol. The summed E-state index contributed by atoms with van der Waals surface area (Å²) in [5.41, 5.74) is -0.0413. The second kappa shape index (κ2) is 4.96. The predicted octanol–water partition coefficient (Wildman–Crippen LogP) is 0.282. The molecule has 1 aromatic heterocycles. The van der Waals surface area contributed by atoms with Gasteiger partial charge in [0.25, 0.3) is 5.91 Å². The number of carboxylic acid groups (broad SMARTS) is 1. The van der Waals surface area contributed by atoms with E-state index in [4.69, 9.17) is 9.84 Å². The Morgan fingerprint density at radius 2 is 2.41 bits per heavy atom. The van der Waals surface area contributed by atoms with E-state index in [1.54, 1.807) is 0 Å². The van der Waals surface area contributed by atoms with Gasteiger partial charge in [-0.15, -0.1) is 0 Å². The minimum absolute atomic E-state index is 0.0322. The van der Waals surface area contributed by atoms with E-state index < -0.39 is 11.9 Å². The Labute approximate surface area is 96.7 Å². The van der Waals surface area contributed by atoms with Gasteiger partial charge in [0, 0.05) is 19.2 Å². The molecule has 0 radical (unpaired) electrons. The Bertz CT molecular complexity index is 422. The lowest BCUT2D eigenvalue weighted by molar-refractivity contribution is 0.0651. The van der Waals surface area contributed by atoms with Crippen molar-refractivity contribution in [2.75, 3.05) is 13.2 Å². The summed E-state index contributed by atoms with van der Waals surface area (Å²) in [6.07, 6.45) is 1.94. The second-order valence-electron chi connectivity index (χ2n) is 3.73. The molecule has 0 saturated carbocycles. The molecule has 1 aromatic rings. The van der Waals surface area contributed by atoms with Crippen LogP contribution >= 0.6 is 0 Å². The maximum atomic E-state index is 11.6. The highest BCUT2D eigenvalue weighted by Crippen LogP contribution is 2.11. The van der Waals surface area contributed by atoms with E-state index in [0.29, 0.717) is 13.2 Å². The van der Waals surface area contributed by atoms with Crippen LogP contribution < -0.4 is 5.32 Å². The summed E-state index contributed by atoms with van der Waals surface area (Å²) in [5.74, 6) is -2.07. The second-order valence-corrected chi connectivity index (χ2v) is 3.73. The Hall–Kier alpha value is -1.89. The zero-order valence-corrected chi connectivity index (χ0v) is 9.01. The van der Waals surface area contributed by atoms with Gasteiger partial charge in [-0.1, -0.05) is 5.16 Å². The molecule has 0 bridgehead atoms. The first-order valence-electron chi connectivity index (χ1n) is 5.26. The normalized spacial score (nSPS) is 19.2. The van der Waals surface area contributed by atoms with Crippen LogP contribution in [-0.2, 0) is 4.74 Å². The van der Waals surface area contributed by atoms with Crippen molar-refractivity contribution in [2.45, 2.75) is 18.9 Å². The van der Waals surface area contributed by atoms with Crippen LogP contribution in [0, 0.1) is 0 Å². The van der Waals surface area contributed by atoms with Crippen molar-refractivity contribution < 1.29 is 24.0 Å². The summed E-state index contributed by atoms with van der Waals surface area (Å²) in [6.45, 7) is 1.11. The van der Waals surface area contributed by atoms with Crippen LogP contribution in [0.2, 0.25) is 0 Å². The summed E-state index contributed by atoms with van der Waals surface area (Å²) >= 11 is 0. The van der Waals surface area contributed by atoms with Gasteiger partial charge in [-0.3, -0.25) is 4.79 Å². The number of carbonyl (C=O) groups excluding carboxylic acids is 1. The summed E-state index contributed by atoms with van der Waals surface area (Å²) < 4.78 is 9.81. The van der Waals surface area contributed by atoms with E-state index in [1.165, 1.54) is 0 Å². The standard InChI is InChI=1S/C10H12N2O5/c13-9(11-5-6-2-1-3-16-6)7-4-8(10(14)15)17-12-7/h4,6H,1-3,5H2,(H,11,13)(H,14,15). The van der Waals surface area contributed by atoms with Crippen LogP contribution in [0.5, 0.6) is 0 Å². The highest BCUT2D eigenvalue weighted by molar-refractivity contribution is 5.94. The third-order valence-electron chi connectivity index (χ3n) is 2.47. The smallest absolute Gasteiger partial charge is 0.374 e. The van der Waals surface area contributed by atoms with Crippen LogP contribution in [-0.4, -0.2) is 41.4 Å². The van der Waals surface area contributed by atoms with Gasteiger partial charge in [-0.25, -0.2) is 4.79 Å². The molecule has 1 saturated heterocycles. The van der Waals surface area contributed by atoms with Gasteiger partial charge in [0.1, 0.15) is 0 Å². The summed E-state index contributed by atoms with van der Waals surface area (Å²) in [7, 11) is 0. The van der Waals surface area contributed by atoms with Crippen molar-refractivity contribution in [3.8, 4) is 0 Å². The third kappa shape index (κ3) is 2.82. The van der Waals surface area contributed by atoms with E-state index >= 15 is 0 Å². The molecule has 0 aromatic carbocycles. The molecule has 0 spiro atoms. The molecule has 1 aliphatic rings. The van der Waals surface area contributed by atoms with Crippen LogP contribution in [0.1, 0.15) is 33.9 Å². The van der Waals surface area contributed by atoms with Gasteiger partial charge in [-0.05, 0) is 12.8 Å². The number of rotatable bonds is 4. The number of ether oxygens (including phenoxy) is 1. The first-order valence-corrected chi connectivity index (χ1v) is 5.26. The lowest BCUT2D eigenvalue weighted by atomic mass is 10.2. The highest BCUT2D eigenvalue weighted by Gasteiger charge is 2.19. The van der Waals surface area contributed by atoms with Crippen LogP contribution in [0.25, 0.3) is 0 Å². The molecule has 1 atom stereocenters. The van der Waals surface area contributed by atoms with E-state index in [2.05, 4.69) is 15.0 Å². The van der Waals surface area contributed by atoms with Gasteiger partial charge < -0.3 is 19.7 Å². The molecular formula is C10H12N2O5. The van der Waals surface area contributed by atoms with E-state index in [9.17, 15) is 9.59 Å². The zero-order valence-electron chi connectivity index (χ0n) is 9.01. The van der Waals surface area contributed by atoms with Gasteiger partial charge in [0.05, 0.1) is 6.10 Å². The van der Waals surface area contributed by atoms with Crippen LogP contribution in [0.15, 0.2) is 10.6 Å². The van der Waals surface area contributed by atoms with Crippen molar-refractivity contribution >= 4 is 11.9 Å². The van der Waals surface area contributed by atoms with Crippen molar-refractivity contribution in [3.63, 3.8) is 0 Å². The average Bonchev–Trinajstić information content (AvgIpc) is 2.96. The SMILES string of the molecule is O=C(NCC1CCCO1)c1cc(C(=O)O)on1. The van der Waals surface area contributed by atoms with Crippen molar-refractivity contribution in [2.24, 2.45) is 0 Å². The number of amides is 1. The van der Waals surface area contributed by atoms with Gasteiger partial charge >= 0.3 is 5.97 Å². The Balaban J connectivity index is 1.87. The first-order chi connectivity index (χ1) is 8.16. The van der Waals surface area contributed by atoms with E-state index in [-0.39, 0.29) is 17.6 Å². The lowest BCUT2D eigenvalue weighted by Gasteiger charge is -2.09. The average molecular weight is 240 g/mol. The minimum Gasteiger partial charge on any atom is -0.475 e. The molecule has 1 aliphatic heterocycles. The van der Waals surface area contributed by atoms with Crippen LogP contribution in [0.4, 0.5) is 0 Å². The number of aromatic carboxylic acids is 1. The van der Waals surface area contributed by atoms with Crippen molar-refractivity contribution in [1.82, 2.24) is 10.5 Å². The van der Waals surface area contributed by atoms with Crippen molar-refractivity contribution in [3.05, 3.63) is 17.5 Å². The number of hydrogen-bond acceptors (Lipinski definition) is 5. The fourth-order valence-electron chi connectivity index (χ4n) is 1.59.